The normalized spacial score (nSPS) is 15.5. The molecule has 0 saturated carbocycles. The quantitative estimate of drug-likeness (QED) is 0.823. The van der Waals surface area contributed by atoms with Gasteiger partial charge in [0.2, 0.25) is 0 Å². The molecule has 1 fully saturated rings. The first-order chi connectivity index (χ1) is 12.9. The highest BCUT2D eigenvalue weighted by Crippen LogP contribution is 2.22. The fourth-order valence-corrected chi connectivity index (χ4v) is 2.56. The second kappa shape index (κ2) is 8.40. The molecule has 146 valence electrons. The van der Waals surface area contributed by atoms with E-state index in [0.717, 1.165) is 13.1 Å². The zero-order chi connectivity index (χ0) is 19.3. The number of carbonyl (C=O) groups is 1. The Morgan fingerprint density at radius 3 is 2.59 bits per heavy atom. The molecule has 0 aliphatic carbocycles. The van der Waals surface area contributed by atoms with Gasteiger partial charge in [-0.25, -0.2) is 0 Å². The summed E-state index contributed by atoms with van der Waals surface area (Å²) in [5.41, 5.74) is 0.769. The van der Waals surface area contributed by atoms with E-state index in [1.807, 2.05) is 0 Å². The Morgan fingerprint density at radius 2 is 1.93 bits per heavy atom. The zero-order valence-electron chi connectivity index (χ0n) is 14.3. The van der Waals surface area contributed by atoms with Crippen LogP contribution in [0.2, 0.25) is 0 Å². The predicted molar refractivity (Wildman–Crippen MR) is 86.9 cm³/mol. The van der Waals surface area contributed by atoms with Gasteiger partial charge in [-0.05, 0) is 17.7 Å². The highest BCUT2D eigenvalue weighted by Gasteiger charge is 2.30. The van der Waals surface area contributed by atoms with Crippen LogP contribution in [0.5, 0.6) is 5.75 Å². The number of rotatable bonds is 6. The first kappa shape index (κ1) is 19.2. The summed E-state index contributed by atoms with van der Waals surface area (Å²) >= 11 is 0. The van der Waals surface area contributed by atoms with Gasteiger partial charge in [-0.3, -0.25) is 9.69 Å². The van der Waals surface area contributed by atoms with E-state index in [-0.39, 0.29) is 18.0 Å². The molecule has 0 unspecified atom stereocenters. The Bertz CT molecular complexity index is 756. The van der Waals surface area contributed by atoms with Crippen molar-refractivity contribution in [1.82, 2.24) is 15.4 Å². The molecule has 3 rings (SSSR count). The van der Waals surface area contributed by atoms with Crippen LogP contribution in [0.4, 0.5) is 13.2 Å². The van der Waals surface area contributed by atoms with Gasteiger partial charge in [0.25, 0.3) is 5.91 Å². The number of hydrogen-bond acceptors (Lipinski definition) is 6. The Kier molecular flexibility index (Phi) is 5.97. The molecular formula is C17H18F3N3O4. The molecule has 2 aromatic rings. The standard InChI is InChI=1S/C17H18F3N3O4/c18-17(19,20)26-13-3-1-12(2-4-13)10-21-16(24)15-9-14(27-22-15)11-23-5-7-25-8-6-23/h1-4,9H,5-8,10-11H2,(H,21,24). The molecule has 1 aliphatic heterocycles. The van der Waals surface area contributed by atoms with Crippen molar-refractivity contribution in [3.63, 3.8) is 0 Å². The minimum absolute atomic E-state index is 0.136. The van der Waals surface area contributed by atoms with Crippen molar-refractivity contribution < 1.29 is 32.0 Å². The van der Waals surface area contributed by atoms with Gasteiger partial charge in [0, 0.05) is 25.7 Å². The lowest BCUT2D eigenvalue weighted by molar-refractivity contribution is -0.274. The molecule has 0 radical (unpaired) electrons. The maximum Gasteiger partial charge on any atom is 0.573 e. The van der Waals surface area contributed by atoms with Crippen LogP contribution in [0, 0.1) is 0 Å². The number of halogens is 3. The maximum absolute atomic E-state index is 12.1. The summed E-state index contributed by atoms with van der Waals surface area (Å²) in [5.74, 6) is -0.167. The average molecular weight is 385 g/mol. The van der Waals surface area contributed by atoms with Crippen LogP contribution < -0.4 is 10.1 Å². The lowest BCUT2D eigenvalue weighted by atomic mass is 10.2. The largest absolute Gasteiger partial charge is 0.573 e. The van der Waals surface area contributed by atoms with Crippen LogP contribution in [-0.2, 0) is 17.8 Å². The number of morpholine rings is 1. The Hall–Kier alpha value is -2.59. The monoisotopic (exact) mass is 385 g/mol. The van der Waals surface area contributed by atoms with Gasteiger partial charge >= 0.3 is 6.36 Å². The van der Waals surface area contributed by atoms with E-state index in [4.69, 9.17) is 9.26 Å². The van der Waals surface area contributed by atoms with Crippen molar-refractivity contribution >= 4 is 5.91 Å². The van der Waals surface area contributed by atoms with E-state index >= 15 is 0 Å². The highest BCUT2D eigenvalue weighted by molar-refractivity contribution is 5.92. The molecule has 10 heteroatoms. The van der Waals surface area contributed by atoms with Crippen LogP contribution in [0.3, 0.4) is 0 Å². The summed E-state index contributed by atoms with van der Waals surface area (Å²) in [6.07, 6.45) is -4.73. The van der Waals surface area contributed by atoms with E-state index in [0.29, 0.717) is 31.1 Å². The second-order valence-electron chi connectivity index (χ2n) is 5.94. The third-order valence-corrected chi connectivity index (χ3v) is 3.88. The van der Waals surface area contributed by atoms with Crippen LogP contribution in [0.15, 0.2) is 34.9 Å². The van der Waals surface area contributed by atoms with Crippen molar-refractivity contribution in [3.05, 3.63) is 47.3 Å². The fourth-order valence-electron chi connectivity index (χ4n) is 2.56. The van der Waals surface area contributed by atoms with Gasteiger partial charge in [0.15, 0.2) is 11.5 Å². The summed E-state index contributed by atoms with van der Waals surface area (Å²) in [6.45, 7) is 3.58. The topological polar surface area (TPSA) is 76.8 Å². The fraction of sp³-hybridized carbons (Fsp3) is 0.412. The molecule has 1 aromatic carbocycles. The average Bonchev–Trinajstić information content (AvgIpc) is 3.09. The van der Waals surface area contributed by atoms with Crippen LogP contribution in [-0.4, -0.2) is 48.6 Å². The number of aromatic nitrogens is 1. The summed E-state index contributed by atoms with van der Waals surface area (Å²) in [6, 6.07) is 6.82. The number of hydrogen-bond donors (Lipinski definition) is 1. The summed E-state index contributed by atoms with van der Waals surface area (Å²) < 4.78 is 50.6. The Labute approximate surface area is 153 Å². The molecule has 0 atom stereocenters. The zero-order valence-corrected chi connectivity index (χ0v) is 14.3. The van der Waals surface area contributed by atoms with E-state index in [1.54, 1.807) is 6.07 Å². The number of nitrogens with one attached hydrogen (secondary N) is 1. The summed E-state index contributed by atoms with van der Waals surface area (Å²) in [7, 11) is 0. The smallest absolute Gasteiger partial charge is 0.406 e. The molecule has 1 aliphatic rings. The van der Waals surface area contributed by atoms with Gasteiger partial charge in [-0.15, -0.1) is 13.2 Å². The van der Waals surface area contributed by atoms with Gasteiger partial charge < -0.3 is 19.3 Å². The highest BCUT2D eigenvalue weighted by atomic mass is 19.4. The molecule has 0 bridgehead atoms. The first-order valence-electron chi connectivity index (χ1n) is 8.28. The lowest BCUT2D eigenvalue weighted by Crippen LogP contribution is -2.35. The molecule has 0 spiro atoms. The third kappa shape index (κ3) is 5.97. The summed E-state index contributed by atoms with van der Waals surface area (Å²) in [4.78, 5) is 14.3. The van der Waals surface area contributed by atoms with Gasteiger partial charge in [0.1, 0.15) is 5.75 Å². The first-order valence-corrected chi connectivity index (χ1v) is 8.28. The maximum atomic E-state index is 12.1. The van der Waals surface area contributed by atoms with Crippen molar-refractivity contribution in [1.29, 1.82) is 0 Å². The molecule has 1 N–H and O–H groups in total. The number of carbonyl (C=O) groups excluding carboxylic acids is 1. The Balaban J connectivity index is 1.49. The van der Waals surface area contributed by atoms with E-state index in [2.05, 4.69) is 20.1 Å². The van der Waals surface area contributed by atoms with Crippen molar-refractivity contribution in [2.75, 3.05) is 26.3 Å². The SMILES string of the molecule is O=C(NCc1ccc(OC(F)(F)F)cc1)c1cc(CN2CCOCC2)on1. The van der Waals surface area contributed by atoms with Crippen LogP contribution in [0.1, 0.15) is 21.8 Å². The van der Waals surface area contributed by atoms with E-state index in [9.17, 15) is 18.0 Å². The van der Waals surface area contributed by atoms with Crippen LogP contribution in [0.25, 0.3) is 0 Å². The molecule has 27 heavy (non-hydrogen) atoms. The molecule has 1 aromatic heterocycles. The molecule has 7 nitrogen and oxygen atoms in total. The second-order valence-corrected chi connectivity index (χ2v) is 5.94. The molecule has 1 amide bonds. The number of ether oxygens (including phenoxy) is 2. The number of benzene rings is 1. The van der Waals surface area contributed by atoms with Gasteiger partial charge in [-0.2, -0.15) is 0 Å². The lowest BCUT2D eigenvalue weighted by Gasteiger charge is -2.25. The van der Waals surface area contributed by atoms with Crippen molar-refractivity contribution in [2.24, 2.45) is 0 Å². The molecular weight excluding hydrogens is 367 g/mol. The predicted octanol–water partition coefficient (Wildman–Crippen LogP) is 2.34. The van der Waals surface area contributed by atoms with Gasteiger partial charge in [0.05, 0.1) is 19.8 Å². The number of amides is 1. The molecule has 2 heterocycles. The van der Waals surface area contributed by atoms with Crippen LogP contribution >= 0.6 is 0 Å². The molecule has 1 saturated heterocycles. The van der Waals surface area contributed by atoms with Crippen molar-refractivity contribution in [2.45, 2.75) is 19.5 Å². The third-order valence-electron chi connectivity index (χ3n) is 3.88. The van der Waals surface area contributed by atoms with E-state index in [1.165, 1.54) is 24.3 Å². The Morgan fingerprint density at radius 1 is 1.22 bits per heavy atom. The van der Waals surface area contributed by atoms with Crippen molar-refractivity contribution in [3.8, 4) is 5.75 Å². The van der Waals surface area contributed by atoms with Gasteiger partial charge in [-0.1, -0.05) is 17.3 Å². The number of alkyl halides is 3. The summed E-state index contributed by atoms with van der Waals surface area (Å²) in [5, 5.41) is 6.40. The minimum atomic E-state index is -4.73. The van der Waals surface area contributed by atoms with E-state index < -0.39 is 12.3 Å². The number of nitrogens with zero attached hydrogens (tertiary/aromatic N) is 2. The minimum Gasteiger partial charge on any atom is -0.406 e.